The predicted molar refractivity (Wildman–Crippen MR) is 151 cm³/mol. The molecule has 0 radical (unpaired) electrons. The lowest BCUT2D eigenvalue weighted by Gasteiger charge is -2.32. The highest BCUT2D eigenvalue weighted by Crippen LogP contribution is 2.22. The fraction of sp³-hybridized carbons (Fsp3) is 0.483. The third kappa shape index (κ3) is 8.21. The molecule has 9 heteroatoms. The first-order chi connectivity index (χ1) is 17.9. The van der Waals surface area contributed by atoms with Gasteiger partial charge in [0.2, 0.25) is 0 Å². The number of hydrogen-bond donors (Lipinski definition) is 4. The second-order valence-electron chi connectivity index (χ2n) is 10.0. The highest BCUT2D eigenvalue weighted by Gasteiger charge is 2.31. The zero-order valence-corrected chi connectivity index (χ0v) is 23.5. The third-order valence-electron chi connectivity index (χ3n) is 6.09. The van der Waals surface area contributed by atoms with Gasteiger partial charge < -0.3 is 20.2 Å². The van der Waals surface area contributed by atoms with Crippen molar-refractivity contribution in [3.05, 3.63) is 64.7 Å². The Labute approximate surface area is 226 Å². The zero-order chi connectivity index (χ0) is 28.5. The van der Waals surface area contributed by atoms with Crippen LogP contribution in [0, 0.1) is 10.8 Å². The van der Waals surface area contributed by atoms with Crippen molar-refractivity contribution in [1.29, 1.82) is 10.8 Å². The number of hydrogen-bond acceptors (Lipinski definition) is 6. The highest BCUT2D eigenvalue weighted by molar-refractivity contribution is 6.07. The molecule has 0 saturated carbocycles. The summed E-state index contributed by atoms with van der Waals surface area (Å²) in [4.78, 5) is 32.9. The van der Waals surface area contributed by atoms with Gasteiger partial charge in [-0.15, -0.1) is 0 Å². The van der Waals surface area contributed by atoms with Crippen LogP contribution in [0.5, 0.6) is 0 Å². The van der Waals surface area contributed by atoms with Gasteiger partial charge in [0.1, 0.15) is 23.0 Å². The van der Waals surface area contributed by atoms with Crippen LogP contribution < -0.4 is 5.32 Å². The maximum absolute atomic E-state index is 12.8. The van der Waals surface area contributed by atoms with Gasteiger partial charge in [0.25, 0.3) is 11.8 Å². The molecule has 1 aromatic heterocycles. The molecule has 2 amide bonds. The molecule has 1 aromatic rings. The topological polar surface area (TPSA) is 133 Å². The second-order valence-corrected chi connectivity index (χ2v) is 10.0. The van der Waals surface area contributed by atoms with E-state index in [1.165, 1.54) is 20.3 Å². The van der Waals surface area contributed by atoms with Gasteiger partial charge in [-0.05, 0) is 69.4 Å². The van der Waals surface area contributed by atoms with Crippen LogP contribution in [0.25, 0.3) is 0 Å². The van der Waals surface area contributed by atoms with Crippen molar-refractivity contribution in [3.63, 3.8) is 0 Å². The summed E-state index contributed by atoms with van der Waals surface area (Å²) in [6.45, 7) is 12.3. The van der Waals surface area contributed by atoms with Crippen molar-refractivity contribution < 1.29 is 14.7 Å². The van der Waals surface area contributed by atoms with Crippen LogP contribution in [0.2, 0.25) is 0 Å². The van der Waals surface area contributed by atoms with Crippen LogP contribution in [0.1, 0.15) is 82.4 Å². The van der Waals surface area contributed by atoms with E-state index in [2.05, 4.69) is 24.1 Å². The summed E-state index contributed by atoms with van der Waals surface area (Å²) in [5.74, 6) is 0.0811. The number of carbonyl (C=O) groups excluding carboxylic acids is 2. The molecular weight excluding hydrogens is 480 g/mol. The summed E-state index contributed by atoms with van der Waals surface area (Å²) in [6, 6.07) is 1.70. The van der Waals surface area contributed by atoms with Crippen LogP contribution >= 0.6 is 0 Å². The molecule has 9 nitrogen and oxygen atoms in total. The molecule has 0 bridgehead atoms. The van der Waals surface area contributed by atoms with E-state index in [0.717, 1.165) is 23.1 Å². The Bertz CT molecular complexity index is 1140. The molecule has 0 atom stereocenters. The molecular formula is C29H42N6O3. The molecule has 3 rings (SSSR count). The fourth-order valence-corrected chi connectivity index (χ4v) is 4.04. The highest BCUT2D eigenvalue weighted by atomic mass is 16.3. The number of carbonyl (C=O) groups is 2. The van der Waals surface area contributed by atoms with Gasteiger partial charge >= 0.3 is 0 Å². The van der Waals surface area contributed by atoms with Crippen molar-refractivity contribution in [2.24, 2.45) is 0 Å². The molecule has 38 heavy (non-hydrogen) atoms. The molecule has 2 aliphatic heterocycles. The number of rotatable bonds is 6. The van der Waals surface area contributed by atoms with E-state index in [1.54, 1.807) is 46.4 Å². The average Bonchev–Trinajstić information content (AvgIpc) is 3.31. The van der Waals surface area contributed by atoms with Crippen molar-refractivity contribution in [2.75, 3.05) is 13.1 Å². The molecule has 0 unspecified atom stereocenters. The molecule has 3 heterocycles. The Kier molecular flexibility index (Phi) is 11.1. The Morgan fingerprint density at radius 2 is 1.89 bits per heavy atom. The molecule has 2 aliphatic rings. The summed E-state index contributed by atoms with van der Waals surface area (Å²) >= 11 is 0. The third-order valence-corrected chi connectivity index (χ3v) is 6.09. The maximum Gasteiger partial charge on any atom is 0.274 e. The SMILES string of the molecule is C/C=C(/C=C\C=C(/C)C(=N)N1CCCC1=N)NC(=O)c1cc2c(cn1)CCN(C(=O)C(C)(C)O)C2.CCC. The van der Waals surface area contributed by atoms with E-state index < -0.39 is 5.60 Å². The van der Waals surface area contributed by atoms with Gasteiger partial charge in [0.05, 0.1) is 0 Å². The predicted octanol–water partition coefficient (Wildman–Crippen LogP) is 4.34. The van der Waals surface area contributed by atoms with Crippen molar-refractivity contribution in [2.45, 2.75) is 79.4 Å². The van der Waals surface area contributed by atoms with E-state index in [9.17, 15) is 14.7 Å². The van der Waals surface area contributed by atoms with E-state index in [0.29, 0.717) is 49.8 Å². The molecule has 4 N–H and O–H groups in total. The Balaban J connectivity index is 0.00000161. The number of nitrogens with one attached hydrogen (secondary N) is 3. The maximum atomic E-state index is 12.8. The van der Waals surface area contributed by atoms with Crippen LogP contribution in [0.15, 0.2) is 47.8 Å². The number of aromatic nitrogens is 1. The number of pyridine rings is 1. The van der Waals surface area contributed by atoms with Gasteiger partial charge in [-0.2, -0.15) is 0 Å². The summed E-state index contributed by atoms with van der Waals surface area (Å²) < 4.78 is 0. The number of likely N-dealkylation sites (tertiary alicyclic amines) is 1. The summed E-state index contributed by atoms with van der Waals surface area (Å²) in [5, 5.41) is 29.1. The monoisotopic (exact) mass is 522 g/mol. The van der Waals surface area contributed by atoms with Gasteiger partial charge in [0, 0.05) is 37.9 Å². The number of aliphatic hydroxyl groups is 1. The quantitative estimate of drug-likeness (QED) is 0.251. The zero-order valence-electron chi connectivity index (χ0n) is 23.5. The molecule has 0 aromatic carbocycles. The molecule has 1 saturated heterocycles. The van der Waals surface area contributed by atoms with Gasteiger partial charge in [-0.3, -0.25) is 25.4 Å². The van der Waals surface area contributed by atoms with Crippen molar-refractivity contribution in [3.8, 4) is 0 Å². The average molecular weight is 523 g/mol. The molecule has 1 fully saturated rings. The lowest BCUT2D eigenvalue weighted by molar-refractivity contribution is -0.148. The van der Waals surface area contributed by atoms with E-state index >= 15 is 0 Å². The largest absolute Gasteiger partial charge is 0.381 e. The molecule has 0 aliphatic carbocycles. The molecule has 206 valence electrons. The summed E-state index contributed by atoms with van der Waals surface area (Å²) in [6.07, 6.45) is 12.2. The van der Waals surface area contributed by atoms with Gasteiger partial charge in [-0.25, -0.2) is 0 Å². The van der Waals surface area contributed by atoms with Crippen molar-refractivity contribution >= 4 is 23.5 Å². The van der Waals surface area contributed by atoms with E-state index in [-0.39, 0.29) is 17.5 Å². The summed E-state index contributed by atoms with van der Waals surface area (Å²) in [7, 11) is 0. The lowest BCUT2D eigenvalue weighted by atomic mass is 9.99. The first-order valence-electron chi connectivity index (χ1n) is 13.2. The fourth-order valence-electron chi connectivity index (χ4n) is 4.04. The van der Waals surface area contributed by atoms with Crippen LogP contribution in [-0.2, 0) is 17.8 Å². The van der Waals surface area contributed by atoms with Crippen LogP contribution in [0.4, 0.5) is 0 Å². The Morgan fingerprint density at radius 1 is 1.21 bits per heavy atom. The minimum Gasteiger partial charge on any atom is -0.381 e. The van der Waals surface area contributed by atoms with E-state index in [4.69, 9.17) is 10.8 Å². The number of allylic oxidation sites excluding steroid dienone is 4. The minimum atomic E-state index is -1.45. The number of amidine groups is 2. The lowest BCUT2D eigenvalue weighted by Crippen LogP contribution is -2.47. The second kappa shape index (κ2) is 13.8. The van der Waals surface area contributed by atoms with Crippen molar-refractivity contribution in [1.82, 2.24) is 20.1 Å². The van der Waals surface area contributed by atoms with Crippen LogP contribution in [-0.4, -0.2) is 62.1 Å². The van der Waals surface area contributed by atoms with E-state index in [1.807, 2.05) is 13.8 Å². The van der Waals surface area contributed by atoms with Gasteiger partial charge in [0.15, 0.2) is 0 Å². The number of nitrogens with zero attached hydrogens (tertiary/aromatic N) is 3. The minimum absolute atomic E-state index is 0.245. The summed E-state index contributed by atoms with van der Waals surface area (Å²) in [5.41, 5.74) is 1.95. The first-order valence-corrected chi connectivity index (χ1v) is 13.2. The standard InChI is InChI=1S/C26H34N6O3.C3H8/c1-5-20(9-6-8-17(2)23(28)32-12-7-10-22(32)27)30-24(33)21-14-19-16-31(25(34)26(3,4)35)13-11-18(19)15-29-21;1-3-2/h5-6,8-9,14-15,27-28,35H,7,10-13,16H2,1-4H3,(H,30,33);3H2,1-2H3/b9-6-,17-8+,20-5-,27-22?,28-23?;. The number of fused-ring (bicyclic) bond motifs is 1. The Hall–Kier alpha value is -3.59. The molecule has 0 spiro atoms. The first kappa shape index (κ1) is 30.6. The smallest absolute Gasteiger partial charge is 0.274 e. The Morgan fingerprint density at radius 3 is 2.47 bits per heavy atom. The van der Waals surface area contributed by atoms with Gasteiger partial charge in [-0.1, -0.05) is 38.5 Å². The normalized spacial score (nSPS) is 16.2. The number of amides is 2. The van der Waals surface area contributed by atoms with Crippen LogP contribution in [0.3, 0.4) is 0 Å².